The number of hydrogen-bond donors (Lipinski definition) is 2. The summed E-state index contributed by atoms with van der Waals surface area (Å²) < 4.78 is 1.53. The molecule has 16 heavy (non-hydrogen) atoms. The van der Waals surface area contributed by atoms with E-state index in [-0.39, 0.29) is 18.6 Å². The minimum atomic E-state index is -0.260. The first-order chi connectivity index (χ1) is 7.65. The summed E-state index contributed by atoms with van der Waals surface area (Å²) in [6.45, 7) is 1.46. The van der Waals surface area contributed by atoms with Crippen molar-refractivity contribution < 1.29 is 9.90 Å². The standard InChI is InChI=1S/C10H16N4O2/c11-9-3-6-14(12-9)7-10(16)13-4-1-8(15)2-5-13/h3,6,8,15H,1-2,4-5,7H2,(H2,11,12). The first-order valence-electron chi connectivity index (χ1n) is 5.40. The lowest BCUT2D eigenvalue weighted by Gasteiger charge is -2.29. The molecule has 2 rings (SSSR count). The van der Waals surface area contributed by atoms with E-state index in [1.807, 2.05) is 0 Å². The van der Waals surface area contributed by atoms with Crippen LogP contribution in [0.5, 0.6) is 0 Å². The predicted octanol–water partition coefficient (Wildman–Crippen LogP) is -0.551. The van der Waals surface area contributed by atoms with Gasteiger partial charge in [-0.3, -0.25) is 9.48 Å². The molecule has 6 nitrogen and oxygen atoms in total. The molecule has 0 aromatic carbocycles. The number of anilines is 1. The Morgan fingerprint density at radius 2 is 2.25 bits per heavy atom. The molecule has 1 aliphatic heterocycles. The first-order valence-corrected chi connectivity index (χ1v) is 5.40. The van der Waals surface area contributed by atoms with Gasteiger partial charge in [-0.1, -0.05) is 0 Å². The van der Waals surface area contributed by atoms with E-state index in [9.17, 15) is 9.90 Å². The van der Waals surface area contributed by atoms with Gasteiger partial charge in [0.2, 0.25) is 5.91 Å². The molecule has 1 fully saturated rings. The molecule has 0 unspecified atom stereocenters. The van der Waals surface area contributed by atoms with Crippen LogP contribution < -0.4 is 5.73 Å². The van der Waals surface area contributed by atoms with Gasteiger partial charge in [-0.2, -0.15) is 5.10 Å². The van der Waals surface area contributed by atoms with Gasteiger partial charge in [0.15, 0.2) is 0 Å². The second kappa shape index (κ2) is 4.52. The molecule has 1 amide bonds. The molecule has 1 aliphatic rings. The van der Waals surface area contributed by atoms with Gasteiger partial charge < -0.3 is 15.7 Å². The van der Waals surface area contributed by atoms with Crippen LogP contribution in [-0.2, 0) is 11.3 Å². The number of nitrogens with two attached hydrogens (primary N) is 1. The summed E-state index contributed by atoms with van der Waals surface area (Å²) >= 11 is 0. The summed E-state index contributed by atoms with van der Waals surface area (Å²) in [4.78, 5) is 13.6. The van der Waals surface area contributed by atoms with Crippen molar-refractivity contribution in [2.75, 3.05) is 18.8 Å². The molecular weight excluding hydrogens is 208 g/mol. The number of carbonyl (C=O) groups is 1. The number of hydrogen-bond acceptors (Lipinski definition) is 4. The first kappa shape index (κ1) is 10.9. The maximum atomic E-state index is 11.8. The van der Waals surface area contributed by atoms with Crippen molar-refractivity contribution in [2.45, 2.75) is 25.5 Å². The minimum absolute atomic E-state index is 0.0231. The lowest BCUT2D eigenvalue weighted by molar-refractivity contribution is -0.134. The molecule has 2 heterocycles. The Morgan fingerprint density at radius 1 is 1.56 bits per heavy atom. The number of piperidine rings is 1. The van der Waals surface area contributed by atoms with Crippen molar-refractivity contribution in [3.8, 4) is 0 Å². The molecule has 0 saturated carbocycles. The summed E-state index contributed by atoms with van der Waals surface area (Å²) in [5.41, 5.74) is 5.46. The number of rotatable bonds is 2. The second-order valence-corrected chi connectivity index (χ2v) is 4.05. The average molecular weight is 224 g/mol. The number of nitrogens with zero attached hydrogens (tertiary/aromatic N) is 3. The summed E-state index contributed by atoms with van der Waals surface area (Å²) in [5.74, 6) is 0.442. The van der Waals surface area contributed by atoms with Gasteiger partial charge in [-0.25, -0.2) is 0 Å². The van der Waals surface area contributed by atoms with E-state index in [1.54, 1.807) is 17.2 Å². The third-order valence-electron chi connectivity index (χ3n) is 2.78. The number of likely N-dealkylation sites (tertiary alicyclic amines) is 1. The zero-order valence-electron chi connectivity index (χ0n) is 9.04. The van der Waals surface area contributed by atoms with Gasteiger partial charge in [-0.15, -0.1) is 0 Å². The fourth-order valence-corrected chi connectivity index (χ4v) is 1.82. The number of aromatic nitrogens is 2. The molecule has 0 radical (unpaired) electrons. The Bertz CT molecular complexity index is 369. The Hall–Kier alpha value is -1.56. The van der Waals surface area contributed by atoms with E-state index >= 15 is 0 Å². The highest BCUT2D eigenvalue weighted by Gasteiger charge is 2.21. The predicted molar refractivity (Wildman–Crippen MR) is 58.5 cm³/mol. The van der Waals surface area contributed by atoms with E-state index < -0.39 is 0 Å². The Morgan fingerprint density at radius 3 is 2.81 bits per heavy atom. The SMILES string of the molecule is Nc1ccn(CC(=O)N2CCC(O)CC2)n1. The molecule has 1 aromatic rings. The van der Waals surface area contributed by atoms with Crippen LogP contribution in [0.1, 0.15) is 12.8 Å². The molecule has 88 valence electrons. The van der Waals surface area contributed by atoms with Crippen LogP contribution in [0, 0.1) is 0 Å². The van der Waals surface area contributed by atoms with E-state index in [0.29, 0.717) is 31.7 Å². The Balaban J connectivity index is 1.88. The third-order valence-corrected chi connectivity index (χ3v) is 2.78. The highest BCUT2D eigenvalue weighted by molar-refractivity contribution is 5.76. The van der Waals surface area contributed by atoms with E-state index in [1.165, 1.54) is 4.68 Å². The third kappa shape index (κ3) is 2.52. The Kier molecular flexibility index (Phi) is 3.09. The molecule has 0 aliphatic carbocycles. The van der Waals surface area contributed by atoms with Gasteiger partial charge in [0, 0.05) is 19.3 Å². The lowest BCUT2D eigenvalue weighted by atomic mass is 10.1. The van der Waals surface area contributed by atoms with Crippen molar-refractivity contribution in [1.82, 2.24) is 14.7 Å². The van der Waals surface area contributed by atoms with Gasteiger partial charge in [0.05, 0.1) is 6.10 Å². The van der Waals surface area contributed by atoms with Crippen molar-refractivity contribution >= 4 is 11.7 Å². The fraction of sp³-hybridized carbons (Fsp3) is 0.600. The van der Waals surface area contributed by atoms with Gasteiger partial charge in [0.25, 0.3) is 0 Å². The maximum absolute atomic E-state index is 11.8. The smallest absolute Gasteiger partial charge is 0.244 e. The maximum Gasteiger partial charge on any atom is 0.244 e. The highest BCUT2D eigenvalue weighted by Crippen LogP contribution is 2.10. The number of amides is 1. The molecule has 6 heteroatoms. The monoisotopic (exact) mass is 224 g/mol. The van der Waals surface area contributed by atoms with Crippen molar-refractivity contribution in [2.24, 2.45) is 0 Å². The van der Waals surface area contributed by atoms with E-state index in [4.69, 9.17) is 5.73 Å². The van der Waals surface area contributed by atoms with Crippen molar-refractivity contribution in [3.63, 3.8) is 0 Å². The molecular formula is C10H16N4O2. The van der Waals surface area contributed by atoms with E-state index in [0.717, 1.165) is 0 Å². The number of aliphatic hydroxyl groups excluding tert-OH is 1. The number of nitrogen functional groups attached to an aromatic ring is 1. The zero-order chi connectivity index (χ0) is 11.5. The quantitative estimate of drug-likeness (QED) is 0.706. The molecule has 0 bridgehead atoms. The molecule has 3 N–H and O–H groups in total. The zero-order valence-corrected chi connectivity index (χ0v) is 9.04. The second-order valence-electron chi connectivity index (χ2n) is 4.05. The molecule has 0 spiro atoms. The molecule has 1 saturated heterocycles. The van der Waals surface area contributed by atoms with Crippen LogP contribution in [0.4, 0.5) is 5.82 Å². The number of aliphatic hydroxyl groups is 1. The fourth-order valence-electron chi connectivity index (χ4n) is 1.82. The molecule has 1 aromatic heterocycles. The van der Waals surface area contributed by atoms with E-state index in [2.05, 4.69) is 5.10 Å². The van der Waals surface area contributed by atoms with Gasteiger partial charge in [-0.05, 0) is 18.9 Å². The van der Waals surface area contributed by atoms with Crippen LogP contribution in [0.15, 0.2) is 12.3 Å². The van der Waals surface area contributed by atoms with Crippen LogP contribution in [-0.4, -0.2) is 44.9 Å². The summed E-state index contributed by atoms with van der Waals surface area (Å²) in [6, 6.07) is 1.66. The largest absolute Gasteiger partial charge is 0.393 e. The van der Waals surface area contributed by atoms with Crippen LogP contribution in [0.25, 0.3) is 0 Å². The van der Waals surface area contributed by atoms with Crippen LogP contribution >= 0.6 is 0 Å². The van der Waals surface area contributed by atoms with Crippen molar-refractivity contribution in [3.05, 3.63) is 12.3 Å². The Labute approximate surface area is 93.6 Å². The summed E-state index contributed by atoms with van der Waals surface area (Å²) in [7, 11) is 0. The van der Waals surface area contributed by atoms with Crippen LogP contribution in [0.2, 0.25) is 0 Å². The summed E-state index contributed by atoms with van der Waals surface area (Å²) in [6.07, 6.45) is 2.75. The van der Waals surface area contributed by atoms with Gasteiger partial charge in [0.1, 0.15) is 12.4 Å². The lowest BCUT2D eigenvalue weighted by Crippen LogP contribution is -2.41. The minimum Gasteiger partial charge on any atom is -0.393 e. The number of carbonyl (C=O) groups excluding carboxylic acids is 1. The average Bonchev–Trinajstić information content (AvgIpc) is 2.65. The summed E-state index contributed by atoms with van der Waals surface area (Å²) in [5, 5.41) is 13.3. The molecule has 0 atom stereocenters. The normalized spacial score (nSPS) is 17.7. The van der Waals surface area contributed by atoms with Crippen molar-refractivity contribution in [1.29, 1.82) is 0 Å². The topological polar surface area (TPSA) is 84.4 Å². The van der Waals surface area contributed by atoms with Crippen LogP contribution in [0.3, 0.4) is 0 Å². The van der Waals surface area contributed by atoms with Gasteiger partial charge >= 0.3 is 0 Å². The highest BCUT2D eigenvalue weighted by atomic mass is 16.3.